The van der Waals surface area contributed by atoms with Crippen molar-refractivity contribution in [1.82, 2.24) is 16.0 Å². The molecule has 0 bridgehead atoms. The highest BCUT2D eigenvalue weighted by Crippen LogP contribution is 2.05. The summed E-state index contributed by atoms with van der Waals surface area (Å²) < 4.78 is 0. The lowest BCUT2D eigenvalue weighted by Gasteiger charge is -2.24. The quantitative estimate of drug-likeness (QED) is 0.129. The number of carboxylic acid groups (broad SMARTS) is 2. The lowest BCUT2D eigenvalue weighted by Crippen LogP contribution is -2.58. The molecule has 0 saturated carbocycles. The molecule has 14 heteroatoms. The third kappa shape index (κ3) is 10.9. The molecule has 0 saturated heterocycles. The van der Waals surface area contributed by atoms with Crippen molar-refractivity contribution in [3.63, 3.8) is 0 Å². The molecule has 0 aliphatic carbocycles. The van der Waals surface area contributed by atoms with Crippen LogP contribution in [0.25, 0.3) is 0 Å². The van der Waals surface area contributed by atoms with E-state index in [4.69, 9.17) is 16.6 Å². The second-order valence-corrected chi connectivity index (χ2v) is 7.21. The van der Waals surface area contributed by atoms with Crippen LogP contribution >= 0.6 is 0 Å². The Morgan fingerprint density at radius 2 is 1.29 bits per heavy atom. The number of primary amides is 1. The average Bonchev–Trinajstić information content (AvgIpc) is 2.63. The predicted molar refractivity (Wildman–Crippen MR) is 104 cm³/mol. The Labute approximate surface area is 177 Å². The monoisotopic (exact) mass is 447 g/mol. The third-order valence-corrected chi connectivity index (χ3v) is 3.91. The summed E-state index contributed by atoms with van der Waals surface area (Å²) in [5.41, 5.74) is 10.4. The fourth-order valence-electron chi connectivity index (χ4n) is 2.40. The minimum atomic E-state index is -1.61. The second-order valence-electron chi connectivity index (χ2n) is 7.21. The smallest absolute Gasteiger partial charge is 0.326 e. The van der Waals surface area contributed by atoms with E-state index in [1.807, 2.05) is 0 Å². The molecule has 176 valence electrons. The van der Waals surface area contributed by atoms with Crippen LogP contribution in [0.1, 0.15) is 33.1 Å². The molecule has 0 aliphatic rings. The zero-order valence-corrected chi connectivity index (χ0v) is 17.2. The van der Waals surface area contributed by atoms with Gasteiger partial charge < -0.3 is 42.7 Å². The van der Waals surface area contributed by atoms with Crippen LogP contribution < -0.4 is 27.4 Å². The average molecular weight is 447 g/mol. The number of hydrogen-bond donors (Lipinski definition) is 8. The third-order valence-electron chi connectivity index (χ3n) is 3.91. The van der Waals surface area contributed by atoms with Crippen LogP contribution in [0, 0.1) is 5.92 Å². The van der Waals surface area contributed by atoms with E-state index in [0.717, 1.165) is 0 Å². The van der Waals surface area contributed by atoms with Gasteiger partial charge in [-0.3, -0.25) is 24.0 Å². The molecule has 4 amide bonds. The van der Waals surface area contributed by atoms with Crippen LogP contribution in [0.5, 0.6) is 0 Å². The van der Waals surface area contributed by atoms with Gasteiger partial charge in [0.15, 0.2) is 0 Å². The zero-order chi connectivity index (χ0) is 24.3. The minimum absolute atomic E-state index is 0.0752. The van der Waals surface area contributed by atoms with Crippen molar-refractivity contribution in [2.45, 2.75) is 57.3 Å². The molecule has 0 rings (SSSR count). The first-order valence-electron chi connectivity index (χ1n) is 9.28. The van der Waals surface area contributed by atoms with Crippen molar-refractivity contribution < 1.29 is 44.1 Å². The fourth-order valence-corrected chi connectivity index (χ4v) is 2.40. The van der Waals surface area contributed by atoms with Crippen LogP contribution in [-0.2, 0) is 28.8 Å². The molecule has 0 spiro atoms. The van der Waals surface area contributed by atoms with E-state index >= 15 is 0 Å². The van der Waals surface area contributed by atoms with Crippen LogP contribution in [0.15, 0.2) is 0 Å². The SMILES string of the molecule is CC(C)CC(NC(=O)C(CO)NC(=O)C(CC(N)=O)NC(=O)C(N)CC(=O)O)C(=O)O. The van der Waals surface area contributed by atoms with Gasteiger partial charge in [-0.2, -0.15) is 0 Å². The van der Waals surface area contributed by atoms with E-state index in [9.17, 15) is 39.0 Å². The Morgan fingerprint density at radius 3 is 1.71 bits per heavy atom. The number of hydrogen-bond acceptors (Lipinski definition) is 8. The lowest BCUT2D eigenvalue weighted by molar-refractivity contribution is -0.143. The summed E-state index contributed by atoms with van der Waals surface area (Å²) in [7, 11) is 0. The highest BCUT2D eigenvalue weighted by atomic mass is 16.4. The molecular formula is C17H29N5O9. The number of carbonyl (C=O) groups is 6. The number of aliphatic hydroxyl groups is 1. The minimum Gasteiger partial charge on any atom is -0.481 e. The van der Waals surface area contributed by atoms with Gasteiger partial charge in [0.05, 0.1) is 25.5 Å². The first-order valence-corrected chi connectivity index (χ1v) is 9.28. The van der Waals surface area contributed by atoms with E-state index < -0.39 is 79.2 Å². The number of nitrogens with two attached hydrogens (primary N) is 2. The molecule has 0 aromatic carbocycles. The summed E-state index contributed by atoms with van der Waals surface area (Å²) in [5.74, 6) is -6.91. The van der Waals surface area contributed by atoms with Gasteiger partial charge in [-0.1, -0.05) is 13.8 Å². The van der Waals surface area contributed by atoms with Gasteiger partial charge in [0, 0.05) is 0 Å². The maximum Gasteiger partial charge on any atom is 0.326 e. The van der Waals surface area contributed by atoms with E-state index in [2.05, 4.69) is 16.0 Å². The second kappa shape index (κ2) is 13.1. The Morgan fingerprint density at radius 1 is 0.806 bits per heavy atom. The fraction of sp³-hybridized carbons (Fsp3) is 0.647. The Balaban J connectivity index is 5.27. The van der Waals surface area contributed by atoms with Crippen molar-refractivity contribution in [1.29, 1.82) is 0 Å². The summed E-state index contributed by atoms with van der Waals surface area (Å²) in [5, 5.41) is 33.6. The molecule has 0 radical (unpaired) electrons. The highest BCUT2D eigenvalue weighted by molar-refractivity contribution is 5.96. The van der Waals surface area contributed by atoms with Crippen molar-refractivity contribution in [3.8, 4) is 0 Å². The maximum atomic E-state index is 12.4. The number of rotatable bonds is 14. The molecule has 0 aromatic rings. The topological polar surface area (TPSA) is 251 Å². The van der Waals surface area contributed by atoms with Gasteiger partial charge in [-0.05, 0) is 12.3 Å². The van der Waals surface area contributed by atoms with Gasteiger partial charge in [-0.15, -0.1) is 0 Å². The van der Waals surface area contributed by atoms with Crippen LogP contribution in [0.4, 0.5) is 0 Å². The molecule has 4 atom stereocenters. The Bertz CT molecular complexity index is 697. The van der Waals surface area contributed by atoms with Crippen molar-refractivity contribution in [2.24, 2.45) is 17.4 Å². The van der Waals surface area contributed by atoms with Crippen molar-refractivity contribution in [3.05, 3.63) is 0 Å². The highest BCUT2D eigenvalue weighted by Gasteiger charge is 2.31. The first kappa shape index (κ1) is 27.7. The van der Waals surface area contributed by atoms with Gasteiger partial charge in [0.1, 0.15) is 18.1 Å². The summed E-state index contributed by atoms with van der Waals surface area (Å²) in [6.07, 6.45) is -1.36. The van der Waals surface area contributed by atoms with Crippen LogP contribution in [0.2, 0.25) is 0 Å². The van der Waals surface area contributed by atoms with Crippen molar-refractivity contribution in [2.75, 3.05) is 6.61 Å². The molecule has 10 N–H and O–H groups in total. The van der Waals surface area contributed by atoms with E-state index in [0.29, 0.717) is 0 Å². The van der Waals surface area contributed by atoms with Crippen LogP contribution in [0.3, 0.4) is 0 Å². The van der Waals surface area contributed by atoms with Gasteiger partial charge in [0.2, 0.25) is 23.6 Å². The van der Waals surface area contributed by atoms with Gasteiger partial charge in [0.25, 0.3) is 0 Å². The standard InChI is InChI=1S/C17H29N5O9/c1-7(2)3-10(17(30)31)21-16(29)11(6-23)22-15(28)9(5-12(19)24)20-14(27)8(18)4-13(25)26/h7-11,23H,3-6,18H2,1-2H3,(H2,19,24)(H,20,27)(H,21,29)(H,22,28)(H,25,26)(H,30,31). The first-order chi connectivity index (χ1) is 14.3. The summed E-state index contributed by atoms with van der Waals surface area (Å²) in [6.45, 7) is 2.56. The number of amides is 4. The maximum absolute atomic E-state index is 12.4. The molecule has 0 aliphatic heterocycles. The van der Waals surface area contributed by atoms with Gasteiger partial charge >= 0.3 is 11.9 Å². The number of carboxylic acids is 2. The van der Waals surface area contributed by atoms with E-state index in [1.54, 1.807) is 13.8 Å². The predicted octanol–water partition coefficient (Wildman–Crippen LogP) is -3.76. The van der Waals surface area contributed by atoms with E-state index in [-0.39, 0.29) is 12.3 Å². The molecular weight excluding hydrogens is 418 g/mol. The molecule has 0 aromatic heterocycles. The van der Waals surface area contributed by atoms with Crippen molar-refractivity contribution >= 4 is 35.6 Å². The van der Waals surface area contributed by atoms with Gasteiger partial charge in [-0.25, -0.2) is 4.79 Å². The molecule has 0 heterocycles. The summed E-state index contributed by atoms with van der Waals surface area (Å²) in [6, 6.07) is -6.00. The Hall–Kier alpha value is -3.26. The molecule has 14 nitrogen and oxygen atoms in total. The lowest BCUT2D eigenvalue weighted by atomic mass is 10.0. The number of aliphatic carboxylic acids is 2. The molecule has 0 fully saturated rings. The number of carbonyl (C=O) groups excluding carboxylic acids is 4. The molecule has 4 unspecified atom stereocenters. The number of nitrogens with one attached hydrogen (secondary N) is 3. The van der Waals surface area contributed by atoms with Crippen LogP contribution in [-0.4, -0.2) is 81.7 Å². The normalized spacial score (nSPS) is 14.6. The zero-order valence-electron chi connectivity index (χ0n) is 17.2. The Kier molecular flexibility index (Phi) is 11.7. The number of aliphatic hydroxyl groups excluding tert-OH is 1. The summed E-state index contributed by atoms with van der Waals surface area (Å²) in [4.78, 5) is 69.8. The summed E-state index contributed by atoms with van der Waals surface area (Å²) >= 11 is 0. The molecule has 31 heavy (non-hydrogen) atoms. The van der Waals surface area contributed by atoms with E-state index in [1.165, 1.54) is 0 Å². The largest absolute Gasteiger partial charge is 0.481 e.